The van der Waals surface area contributed by atoms with Crippen molar-refractivity contribution in [2.24, 2.45) is 0 Å². The summed E-state index contributed by atoms with van der Waals surface area (Å²) in [5.41, 5.74) is 0. The number of carbonyl (C=O) groups excluding carboxylic acids is 9. The molecule has 0 heterocycles. The number of quaternary nitrogens is 1. The summed E-state index contributed by atoms with van der Waals surface area (Å²) in [4.78, 5) is 102. The molecule has 0 bridgehead atoms. The van der Waals surface area contributed by atoms with Crippen LogP contribution in [0.15, 0.2) is 0 Å². The van der Waals surface area contributed by atoms with Crippen molar-refractivity contribution in [1.82, 2.24) is 40.9 Å². The standard InChI is InChI=1S/2C9H19NO.C7H15NO.C6H14NO.2C6H13NO.2C5H11NO.C4H9NO.8CH4/c1-7(2)10(8(3)4)6-9(5)11;1-4-6-10(7-5-2)8-9(3)11;1-4-8(5-2)6-7(3)9;1-6(8)5-7(2,3)4;1-5(2)7-4-6(3)8;1-3-4-7-5-6(2)8;1-5(7)4-6(2)3;1-3-6-4-5(2)7;1-4(6)3-5-2;;;;;;;;/h7-8H,6H2,1-5H3;4-8H2,1-3H3;4-6H2,1-3H3;5H2,1-4H3;5,7H,4H2,1-3H3;7H,3-5H2,1-2H3;4H2,1-3H3;6H,3-4H2,1-2H3;5H,3H2,1-2H3;8*1H4/q;;;+1;;;;;;;;;;;;;. The number of hydrogen-bond donors (Lipinski definition) is 4. The number of ketones is 9. The second-order valence-electron chi connectivity index (χ2n) is 20.6. The van der Waals surface area contributed by atoms with Gasteiger partial charge in [-0.05, 0) is 163 Å². The van der Waals surface area contributed by atoms with Gasteiger partial charge in [0.25, 0.3) is 0 Å². The number of nitrogens with one attached hydrogen (secondary N) is 4. The van der Waals surface area contributed by atoms with E-state index in [4.69, 9.17) is 0 Å². The molecule has 0 atom stereocenters. The van der Waals surface area contributed by atoms with Gasteiger partial charge in [0, 0.05) is 25.0 Å². The summed E-state index contributed by atoms with van der Waals surface area (Å²) >= 11 is 0. The van der Waals surface area contributed by atoms with Crippen molar-refractivity contribution < 1.29 is 47.6 Å². The number of Topliss-reactive ketones (excluding diaryl/α,β-unsaturated/α-hetero) is 9. The first-order valence-electron chi connectivity index (χ1n) is 27.2. The molecule has 0 aromatic heterocycles. The first-order chi connectivity index (χ1) is 34.3. The smallest absolute Gasteiger partial charge is 0.183 e. The van der Waals surface area contributed by atoms with Gasteiger partial charge in [-0.1, -0.05) is 115 Å². The topological polar surface area (TPSA) is 215 Å². The number of nitrogens with zero attached hydrogens (tertiary/aromatic N) is 5. The van der Waals surface area contributed by atoms with E-state index in [9.17, 15) is 43.2 Å². The summed E-state index contributed by atoms with van der Waals surface area (Å²) < 4.78 is 0.731. The molecule has 0 rings (SSSR count). The van der Waals surface area contributed by atoms with Crippen LogP contribution in [0.4, 0.5) is 0 Å². The molecule has 18 nitrogen and oxygen atoms in total. The molecule has 0 spiro atoms. The van der Waals surface area contributed by atoms with E-state index >= 15 is 0 Å². The van der Waals surface area contributed by atoms with E-state index in [1.807, 2.05) is 60.9 Å². The number of rotatable bonds is 30. The molecule has 0 amide bonds. The molecular weight excluding hydrogens is 1050 g/mol. The van der Waals surface area contributed by atoms with Crippen LogP contribution < -0.4 is 21.3 Å². The Balaban J connectivity index is -0.0000000391. The Morgan fingerprint density at radius 2 is 0.735 bits per heavy atom. The number of carbonyl (C=O) groups is 9. The van der Waals surface area contributed by atoms with E-state index in [0.717, 1.165) is 63.0 Å². The summed E-state index contributed by atoms with van der Waals surface area (Å²) in [6, 6.07) is 1.33. The highest BCUT2D eigenvalue weighted by Gasteiger charge is 2.14. The summed E-state index contributed by atoms with van der Waals surface area (Å²) in [5, 5.41) is 11.6. The zero-order chi connectivity index (χ0) is 61.3. The summed E-state index contributed by atoms with van der Waals surface area (Å²) in [6.07, 6.45) is 3.36. The van der Waals surface area contributed by atoms with Gasteiger partial charge in [0.15, 0.2) is 5.78 Å². The third-order valence-corrected chi connectivity index (χ3v) is 8.44. The van der Waals surface area contributed by atoms with Crippen LogP contribution in [0.3, 0.4) is 0 Å². The maximum Gasteiger partial charge on any atom is 0.183 e. The number of likely N-dealkylation sites (N-methyl/N-ethyl adjacent to an activating group) is 5. The highest BCUT2D eigenvalue weighted by atomic mass is 16.2. The fraction of sp³-hybridized carbons (Fsp3) is 0.862. The average Bonchev–Trinajstić information content (AvgIpc) is 3.23. The van der Waals surface area contributed by atoms with Gasteiger partial charge in [0.05, 0.1) is 73.5 Å². The maximum absolute atomic E-state index is 10.8. The van der Waals surface area contributed by atoms with Crippen LogP contribution in [0.5, 0.6) is 0 Å². The van der Waals surface area contributed by atoms with Crippen LogP contribution in [0.1, 0.15) is 224 Å². The van der Waals surface area contributed by atoms with E-state index in [2.05, 4.69) is 98.3 Å². The molecule has 0 saturated carbocycles. The Hall–Kier alpha value is -3.33. The molecule has 514 valence electrons. The minimum Gasteiger partial charge on any atom is -0.325 e. The van der Waals surface area contributed by atoms with Gasteiger partial charge in [-0.3, -0.25) is 57.9 Å². The Bertz CT molecular complexity index is 1390. The van der Waals surface area contributed by atoms with Crippen LogP contribution >= 0.6 is 0 Å². The number of hydrogen-bond acceptors (Lipinski definition) is 17. The highest BCUT2D eigenvalue weighted by molar-refractivity contribution is 5.80. The highest BCUT2D eigenvalue weighted by Crippen LogP contribution is 2.03. The van der Waals surface area contributed by atoms with Crippen molar-refractivity contribution in [3.05, 3.63) is 0 Å². The molecule has 4 N–H and O–H groups in total. The first kappa shape index (κ1) is 126. The molecule has 83 heavy (non-hydrogen) atoms. The van der Waals surface area contributed by atoms with Gasteiger partial charge >= 0.3 is 0 Å². The lowest BCUT2D eigenvalue weighted by atomic mass is 10.2. The quantitative estimate of drug-likeness (QED) is 0.0389. The van der Waals surface area contributed by atoms with Crippen LogP contribution in [-0.2, 0) is 43.2 Å². The molecule has 0 aromatic carbocycles. The van der Waals surface area contributed by atoms with Gasteiger partial charge in [-0.25, -0.2) is 0 Å². The predicted molar refractivity (Wildman–Crippen MR) is 372 cm³/mol. The van der Waals surface area contributed by atoms with E-state index in [0.29, 0.717) is 77.0 Å². The van der Waals surface area contributed by atoms with E-state index in [-0.39, 0.29) is 111 Å². The fourth-order valence-electron chi connectivity index (χ4n) is 5.65. The second-order valence-corrected chi connectivity index (χ2v) is 20.6. The van der Waals surface area contributed by atoms with Crippen molar-refractivity contribution in [1.29, 1.82) is 0 Å². The van der Waals surface area contributed by atoms with Crippen molar-refractivity contribution in [3.63, 3.8) is 0 Å². The van der Waals surface area contributed by atoms with Gasteiger partial charge in [0.1, 0.15) is 52.8 Å². The van der Waals surface area contributed by atoms with Gasteiger partial charge in [0.2, 0.25) is 0 Å². The Labute approximate surface area is 521 Å². The normalized spacial score (nSPS) is 9.18. The zero-order valence-electron chi connectivity index (χ0n) is 53.9. The monoisotopic (exact) mass is 1210 g/mol. The van der Waals surface area contributed by atoms with E-state index in [1.165, 1.54) is 0 Å². The Morgan fingerprint density at radius 3 is 0.855 bits per heavy atom. The lowest BCUT2D eigenvalue weighted by molar-refractivity contribution is -0.862. The minimum absolute atomic E-state index is 0. The summed E-state index contributed by atoms with van der Waals surface area (Å²) in [5.74, 6) is 2.00. The van der Waals surface area contributed by atoms with E-state index < -0.39 is 0 Å². The van der Waals surface area contributed by atoms with Crippen LogP contribution in [0, 0.1) is 0 Å². The molecule has 18 heteroatoms. The molecule has 0 saturated heterocycles. The lowest BCUT2D eigenvalue weighted by Crippen LogP contribution is -2.40. The molecule has 0 fully saturated rings. The third-order valence-electron chi connectivity index (χ3n) is 8.44. The van der Waals surface area contributed by atoms with Crippen LogP contribution in [-0.4, -0.2) is 235 Å². The second kappa shape index (κ2) is 89.9. The fourth-order valence-corrected chi connectivity index (χ4v) is 5.65. The van der Waals surface area contributed by atoms with Crippen molar-refractivity contribution in [3.8, 4) is 0 Å². The van der Waals surface area contributed by atoms with Crippen LogP contribution in [0.25, 0.3) is 0 Å². The molecular formula is C65H156N9O9+. The average molecular weight is 1210 g/mol. The molecule has 0 aliphatic rings. The molecule has 0 unspecified atom stereocenters. The SMILES string of the molecule is C.C.C.C.C.C.C.C.CC(=O)CN(C(C)C)C(C)C.CC(=O)CN(C)C.CC(=O)CNC(C)C.CC(=O)C[N+](C)(C)C.CCCN(CCC)CC(C)=O.CCCNCC(C)=O.CCN(CC)CC(C)=O.CCNCC(C)=O.CNCC(C)=O. The first-order valence-corrected chi connectivity index (χ1v) is 27.2. The lowest BCUT2D eigenvalue weighted by Gasteiger charge is -2.29. The molecule has 0 aromatic rings. The molecule has 0 radical (unpaired) electrons. The Morgan fingerprint density at radius 1 is 0.410 bits per heavy atom. The maximum atomic E-state index is 10.8. The van der Waals surface area contributed by atoms with Crippen molar-refractivity contribution in [2.45, 2.75) is 242 Å². The zero-order valence-corrected chi connectivity index (χ0v) is 53.9. The minimum atomic E-state index is 0. The third kappa shape index (κ3) is 167. The van der Waals surface area contributed by atoms with E-state index in [1.54, 1.807) is 69.4 Å². The van der Waals surface area contributed by atoms with Gasteiger partial charge in [-0.2, -0.15) is 0 Å². The summed E-state index contributed by atoms with van der Waals surface area (Å²) in [6.45, 7) is 50.2. The summed E-state index contributed by atoms with van der Waals surface area (Å²) in [7, 11) is 11.5. The van der Waals surface area contributed by atoms with Gasteiger partial charge < -0.3 is 30.7 Å². The van der Waals surface area contributed by atoms with Crippen LogP contribution in [0.2, 0.25) is 0 Å². The Kier molecular flexibility index (Phi) is 136. The predicted octanol–water partition coefficient (Wildman–Crippen LogP) is 10.9. The molecule has 0 aliphatic heterocycles. The largest absolute Gasteiger partial charge is 0.325 e. The molecule has 0 aliphatic carbocycles. The van der Waals surface area contributed by atoms with Crippen molar-refractivity contribution in [2.75, 3.05) is 140 Å². The van der Waals surface area contributed by atoms with Gasteiger partial charge in [-0.15, -0.1) is 0 Å². The van der Waals surface area contributed by atoms with Crippen molar-refractivity contribution >= 4 is 52.0 Å².